The van der Waals surface area contributed by atoms with Gasteiger partial charge in [-0.05, 0) is 48.3 Å². The van der Waals surface area contributed by atoms with E-state index in [-0.39, 0.29) is 46.6 Å². The summed E-state index contributed by atoms with van der Waals surface area (Å²) >= 11 is 6.16. The number of furan rings is 1. The molecule has 2 aromatic rings. The Morgan fingerprint density at radius 3 is 2.42 bits per heavy atom. The Balaban J connectivity index is 1.24. The van der Waals surface area contributed by atoms with Crippen molar-refractivity contribution in [2.75, 3.05) is 0 Å². The van der Waals surface area contributed by atoms with Gasteiger partial charge in [0.05, 0.1) is 28.0 Å². The smallest absolute Gasteiger partial charge is 0.270 e. The Kier molecular flexibility index (Phi) is 3.66. The number of nitrogens with zero attached hydrogens (tertiary/aromatic N) is 3. The number of halogens is 1. The average molecular weight is 438 g/mol. The minimum atomic E-state index is -0.514. The lowest BCUT2D eigenvalue weighted by atomic mass is 9.85. The molecule has 31 heavy (non-hydrogen) atoms. The molecule has 8 nitrogen and oxygen atoms in total. The van der Waals surface area contributed by atoms with Crippen LogP contribution < -0.4 is 0 Å². The van der Waals surface area contributed by atoms with Crippen molar-refractivity contribution in [2.45, 2.75) is 12.8 Å². The zero-order valence-corrected chi connectivity index (χ0v) is 16.9. The van der Waals surface area contributed by atoms with E-state index in [4.69, 9.17) is 16.0 Å². The van der Waals surface area contributed by atoms with Crippen LogP contribution in [0, 0.1) is 39.2 Å². The maximum atomic E-state index is 12.9. The van der Waals surface area contributed by atoms with E-state index in [0.29, 0.717) is 22.1 Å². The molecule has 1 aromatic heterocycles. The second-order valence-electron chi connectivity index (χ2n) is 8.58. The van der Waals surface area contributed by atoms with Gasteiger partial charge >= 0.3 is 0 Å². The van der Waals surface area contributed by atoms with Crippen molar-refractivity contribution in [2.24, 2.45) is 34.2 Å². The molecule has 2 bridgehead atoms. The Morgan fingerprint density at radius 1 is 1.13 bits per heavy atom. The van der Waals surface area contributed by atoms with E-state index in [1.807, 2.05) is 0 Å². The number of hydrazone groups is 1. The number of nitro benzene ring substituents is 1. The Bertz CT molecular complexity index is 1190. The number of benzene rings is 1. The number of non-ortho nitro benzene ring substituents is 1. The van der Waals surface area contributed by atoms with Gasteiger partial charge in [-0.15, -0.1) is 0 Å². The fraction of sp³-hybridized carbons (Fsp3) is 0.318. The molecule has 2 amide bonds. The number of allylic oxidation sites excluding steroid dienone is 2. The quantitative estimate of drug-likeness (QED) is 0.236. The van der Waals surface area contributed by atoms with Gasteiger partial charge in [0.25, 0.3) is 17.5 Å². The molecule has 1 aliphatic heterocycles. The Morgan fingerprint density at radius 2 is 1.81 bits per heavy atom. The van der Waals surface area contributed by atoms with Crippen molar-refractivity contribution in [1.82, 2.24) is 5.01 Å². The molecule has 0 unspecified atom stereocenters. The highest BCUT2D eigenvalue weighted by Crippen LogP contribution is 2.73. The first-order valence-corrected chi connectivity index (χ1v) is 10.4. The average Bonchev–Trinajstić information content (AvgIpc) is 3.03. The van der Waals surface area contributed by atoms with Crippen LogP contribution in [-0.4, -0.2) is 28.0 Å². The van der Waals surface area contributed by atoms with Crippen LogP contribution in [-0.2, 0) is 9.59 Å². The minimum Gasteiger partial charge on any atom is -0.455 e. The first kappa shape index (κ1) is 18.5. The summed E-state index contributed by atoms with van der Waals surface area (Å²) in [5, 5.41) is 16.4. The van der Waals surface area contributed by atoms with Crippen LogP contribution in [0.25, 0.3) is 11.3 Å². The molecule has 1 saturated heterocycles. The molecule has 2 saturated carbocycles. The van der Waals surface area contributed by atoms with Crippen molar-refractivity contribution in [1.29, 1.82) is 0 Å². The lowest BCUT2D eigenvalue weighted by Crippen LogP contribution is -2.30. The number of carbonyl (C=O) groups excluding carboxylic acids is 2. The standard InChI is InChI=1S/C22H16ClN3O5/c23-16-5-1-11(26(29)30)9-13(16)17-6-2-12(31-17)10-24-25-20(27)18-14-3-4-15(19(18)21(25)28)22(14)7-8-22/h1-6,9-10,14-15,18-19H,7-8H2/b24-10-/t14-,15+,18-,19+. The predicted octanol–water partition coefficient (Wildman–Crippen LogP) is 4.04. The van der Waals surface area contributed by atoms with E-state index in [9.17, 15) is 19.7 Å². The van der Waals surface area contributed by atoms with Gasteiger partial charge in [0.1, 0.15) is 11.5 Å². The van der Waals surface area contributed by atoms with Crippen LogP contribution in [0.1, 0.15) is 18.6 Å². The van der Waals surface area contributed by atoms with Gasteiger partial charge in [-0.25, -0.2) is 0 Å². The van der Waals surface area contributed by atoms with E-state index in [0.717, 1.165) is 17.9 Å². The summed E-state index contributed by atoms with van der Waals surface area (Å²) in [6.45, 7) is 0. The molecule has 6 rings (SSSR count). The number of carbonyl (C=O) groups is 2. The predicted molar refractivity (Wildman–Crippen MR) is 110 cm³/mol. The van der Waals surface area contributed by atoms with Crippen molar-refractivity contribution < 1.29 is 18.9 Å². The summed E-state index contributed by atoms with van der Waals surface area (Å²) in [4.78, 5) is 36.4. The molecule has 1 spiro atoms. The first-order chi connectivity index (χ1) is 14.9. The van der Waals surface area contributed by atoms with Crippen LogP contribution in [0.5, 0.6) is 0 Å². The van der Waals surface area contributed by atoms with Gasteiger partial charge in [-0.2, -0.15) is 10.1 Å². The summed E-state index contributed by atoms with van der Waals surface area (Å²) in [6, 6.07) is 7.28. The highest BCUT2D eigenvalue weighted by molar-refractivity contribution is 6.33. The number of hydrogen-bond donors (Lipinski definition) is 0. The maximum Gasteiger partial charge on any atom is 0.270 e. The molecule has 156 valence electrons. The van der Waals surface area contributed by atoms with Gasteiger partial charge in [0.2, 0.25) is 0 Å². The molecule has 9 heteroatoms. The normalized spacial score (nSPS) is 29.5. The fourth-order valence-electron chi connectivity index (χ4n) is 5.67. The van der Waals surface area contributed by atoms with Gasteiger partial charge in [-0.1, -0.05) is 23.8 Å². The molecule has 2 heterocycles. The van der Waals surface area contributed by atoms with Gasteiger partial charge in [-0.3, -0.25) is 19.7 Å². The summed E-state index contributed by atoms with van der Waals surface area (Å²) in [5.74, 6) is -0.198. The van der Waals surface area contributed by atoms with E-state index in [1.165, 1.54) is 24.4 Å². The number of hydrogen-bond acceptors (Lipinski definition) is 6. The SMILES string of the molecule is O=C1[C@@H]2[C@H](C(=O)N1/N=C\c1ccc(-c3cc([N+](=O)[O-])ccc3Cl)o1)[C@H]1C=C[C@@H]2C12CC2. The van der Waals surface area contributed by atoms with E-state index in [2.05, 4.69) is 17.3 Å². The van der Waals surface area contributed by atoms with Crippen LogP contribution in [0.15, 0.2) is 52.0 Å². The summed E-state index contributed by atoms with van der Waals surface area (Å²) in [5.41, 5.74) is 0.405. The highest BCUT2D eigenvalue weighted by Gasteiger charge is 2.73. The number of fused-ring (bicyclic) bond motifs is 3. The number of rotatable bonds is 4. The molecular formula is C22H16ClN3O5. The van der Waals surface area contributed by atoms with Crippen molar-refractivity contribution >= 4 is 35.3 Å². The molecule has 0 radical (unpaired) electrons. The summed E-state index contributed by atoms with van der Waals surface area (Å²) < 4.78 is 5.69. The van der Waals surface area contributed by atoms with Gasteiger partial charge in [0, 0.05) is 17.7 Å². The zero-order chi connectivity index (χ0) is 21.5. The van der Waals surface area contributed by atoms with Crippen LogP contribution in [0.3, 0.4) is 0 Å². The van der Waals surface area contributed by atoms with E-state index in [1.54, 1.807) is 12.1 Å². The van der Waals surface area contributed by atoms with Crippen molar-refractivity contribution in [3.8, 4) is 11.3 Å². The molecule has 0 N–H and O–H groups in total. The van der Waals surface area contributed by atoms with Crippen LogP contribution in [0.2, 0.25) is 5.02 Å². The Labute approximate surface area is 181 Å². The van der Waals surface area contributed by atoms with E-state index >= 15 is 0 Å². The van der Waals surface area contributed by atoms with Crippen LogP contribution >= 0.6 is 11.6 Å². The third kappa shape index (κ3) is 2.45. The minimum absolute atomic E-state index is 0.109. The second-order valence-corrected chi connectivity index (χ2v) is 8.98. The molecular weight excluding hydrogens is 422 g/mol. The molecule has 4 atom stereocenters. The zero-order valence-electron chi connectivity index (χ0n) is 16.1. The van der Waals surface area contributed by atoms with Crippen molar-refractivity contribution in [3.63, 3.8) is 0 Å². The monoisotopic (exact) mass is 437 g/mol. The van der Waals surface area contributed by atoms with Gasteiger partial charge in [0.15, 0.2) is 0 Å². The maximum absolute atomic E-state index is 12.9. The van der Waals surface area contributed by atoms with Crippen LogP contribution in [0.4, 0.5) is 5.69 Å². The molecule has 3 aliphatic carbocycles. The molecule has 4 aliphatic rings. The van der Waals surface area contributed by atoms with Crippen molar-refractivity contribution in [3.05, 3.63) is 63.4 Å². The summed E-state index contributed by atoms with van der Waals surface area (Å²) in [7, 11) is 0. The highest BCUT2D eigenvalue weighted by atomic mass is 35.5. The number of amides is 2. The first-order valence-electron chi connectivity index (χ1n) is 10.0. The Hall–Kier alpha value is -3.26. The fourth-order valence-corrected chi connectivity index (χ4v) is 5.88. The largest absolute Gasteiger partial charge is 0.455 e. The van der Waals surface area contributed by atoms with Gasteiger partial charge < -0.3 is 4.42 Å². The summed E-state index contributed by atoms with van der Waals surface area (Å²) in [6.07, 6.45) is 7.70. The number of nitro groups is 1. The third-order valence-electron chi connectivity index (χ3n) is 7.18. The van der Waals surface area contributed by atoms with E-state index < -0.39 is 4.92 Å². The third-order valence-corrected chi connectivity index (χ3v) is 7.51. The molecule has 3 fully saturated rings. The number of imide groups is 1. The molecule has 1 aromatic carbocycles. The topological polar surface area (TPSA) is 106 Å². The lowest BCUT2D eigenvalue weighted by Gasteiger charge is -2.18. The second kappa shape index (κ2) is 6.13. The lowest BCUT2D eigenvalue weighted by molar-refractivity contribution is -0.384.